The van der Waals surface area contributed by atoms with Gasteiger partial charge in [-0.1, -0.05) is 13.0 Å². The second kappa shape index (κ2) is 6.10. The van der Waals surface area contributed by atoms with Gasteiger partial charge >= 0.3 is 0 Å². The predicted molar refractivity (Wildman–Crippen MR) is 72.1 cm³/mol. The summed E-state index contributed by atoms with van der Waals surface area (Å²) in [6.07, 6.45) is 3.96. The van der Waals surface area contributed by atoms with Gasteiger partial charge in [0.2, 0.25) is 0 Å². The maximum atomic E-state index is 12.0. The van der Waals surface area contributed by atoms with Crippen LogP contribution in [0.2, 0.25) is 0 Å². The second-order valence-corrected chi connectivity index (χ2v) is 4.00. The van der Waals surface area contributed by atoms with Crippen molar-refractivity contribution in [3.05, 3.63) is 41.9 Å². The van der Waals surface area contributed by atoms with E-state index >= 15 is 0 Å². The number of nitrogens with one attached hydrogen (secondary N) is 1. The van der Waals surface area contributed by atoms with Crippen LogP contribution in [-0.2, 0) is 6.42 Å². The molecule has 2 rings (SSSR count). The van der Waals surface area contributed by atoms with Crippen molar-refractivity contribution in [2.24, 2.45) is 5.73 Å². The highest BCUT2D eigenvalue weighted by atomic mass is 16.1. The van der Waals surface area contributed by atoms with Gasteiger partial charge in [0.1, 0.15) is 0 Å². The van der Waals surface area contributed by atoms with Gasteiger partial charge in [0.05, 0.1) is 17.5 Å². The molecular formula is C13H17N5O. The SMILES string of the molecule is CCc1c(C(=O)NCCN)cnn1-c1ccccn1. The Bertz CT molecular complexity index is 549. The molecule has 0 unspecified atom stereocenters. The molecule has 1 amide bonds. The van der Waals surface area contributed by atoms with Gasteiger partial charge in [-0.3, -0.25) is 4.79 Å². The van der Waals surface area contributed by atoms with Crippen LogP contribution in [0.1, 0.15) is 23.0 Å². The summed E-state index contributed by atoms with van der Waals surface area (Å²) in [6, 6.07) is 5.58. The van der Waals surface area contributed by atoms with Gasteiger partial charge < -0.3 is 11.1 Å². The zero-order valence-electron chi connectivity index (χ0n) is 10.8. The van der Waals surface area contributed by atoms with Gasteiger partial charge in [-0.15, -0.1) is 0 Å². The number of hydrogen-bond donors (Lipinski definition) is 2. The van der Waals surface area contributed by atoms with Gasteiger partial charge in [-0.05, 0) is 18.6 Å². The summed E-state index contributed by atoms with van der Waals surface area (Å²) in [4.78, 5) is 16.2. The third-order valence-corrected chi connectivity index (χ3v) is 2.74. The number of nitrogens with zero attached hydrogens (tertiary/aromatic N) is 3. The Morgan fingerprint density at radius 2 is 2.32 bits per heavy atom. The molecule has 0 bridgehead atoms. The summed E-state index contributed by atoms with van der Waals surface area (Å²) in [6.45, 7) is 2.86. The number of amides is 1. The van der Waals surface area contributed by atoms with E-state index in [1.807, 2.05) is 25.1 Å². The van der Waals surface area contributed by atoms with Gasteiger partial charge in [0.15, 0.2) is 5.82 Å². The van der Waals surface area contributed by atoms with Crippen molar-refractivity contribution in [1.29, 1.82) is 0 Å². The van der Waals surface area contributed by atoms with Crippen LogP contribution in [-0.4, -0.2) is 33.8 Å². The Hall–Kier alpha value is -2.21. The fourth-order valence-corrected chi connectivity index (χ4v) is 1.86. The summed E-state index contributed by atoms with van der Waals surface area (Å²) in [5.41, 5.74) is 6.79. The molecule has 0 fully saturated rings. The van der Waals surface area contributed by atoms with E-state index in [2.05, 4.69) is 15.4 Å². The van der Waals surface area contributed by atoms with E-state index in [4.69, 9.17) is 5.73 Å². The van der Waals surface area contributed by atoms with Crippen LogP contribution in [0.4, 0.5) is 0 Å². The zero-order valence-corrected chi connectivity index (χ0v) is 10.8. The molecule has 0 saturated heterocycles. The third kappa shape index (κ3) is 2.79. The summed E-state index contributed by atoms with van der Waals surface area (Å²) >= 11 is 0. The van der Waals surface area contributed by atoms with Crippen molar-refractivity contribution in [2.75, 3.05) is 13.1 Å². The fourth-order valence-electron chi connectivity index (χ4n) is 1.86. The molecule has 0 spiro atoms. The predicted octanol–water partition coefficient (Wildman–Crippen LogP) is 0.518. The first-order chi connectivity index (χ1) is 9.27. The maximum Gasteiger partial charge on any atom is 0.254 e. The van der Waals surface area contributed by atoms with Crippen molar-refractivity contribution in [2.45, 2.75) is 13.3 Å². The van der Waals surface area contributed by atoms with Gasteiger partial charge in [-0.2, -0.15) is 5.10 Å². The standard InChI is InChI=1S/C13H17N5O/c1-2-11-10(13(19)16-8-6-14)9-17-18(11)12-5-3-4-7-15-12/h3-5,7,9H,2,6,8,14H2,1H3,(H,16,19). The van der Waals surface area contributed by atoms with E-state index < -0.39 is 0 Å². The van der Waals surface area contributed by atoms with E-state index in [9.17, 15) is 4.79 Å². The molecule has 2 aromatic heterocycles. The molecule has 0 aliphatic heterocycles. The van der Waals surface area contributed by atoms with Crippen LogP contribution >= 0.6 is 0 Å². The van der Waals surface area contributed by atoms with Crippen LogP contribution in [0.3, 0.4) is 0 Å². The first-order valence-electron chi connectivity index (χ1n) is 6.24. The number of carbonyl (C=O) groups excluding carboxylic acids is 1. The Morgan fingerprint density at radius 1 is 1.47 bits per heavy atom. The van der Waals surface area contributed by atoms with E-state index in [1.54, 1.807) is 17.1 Å². The number of pyridine rings is 1. The lowest BCUT2D eigenvalue weighted by Gasteiger charge is -2.07. The molecule has 2 aromatic rings. The number of carbonyl (C=O) groups is 1. The lowest BCUT2D eigenvalue weighted by Crippen LogP contribution is -2.29. The Kier molecular flexibility index (Phi) is 4.25. The first kappa shape index (κ1) is 13.2. The van der Waals surface area contributed by atoms with Gasteiger partial charge in [-0.25, -0.2) is 9.67 Å². The monoisotopic (exact) mass is 259 g/mol. The zero-order chi connectivity index (χ0) is 13.7. The number of rotatable bonds is 5. The van der Waals surface area contributed by atoms with Gasteiger partial charge in [0.25, 0.3) is 5.91 Å². The number of aromatic nitrogens is 3. The second-order valence-electron chi connectivity index (χ2n) is 4.00. The molecule has 0 aliphatic carbocycles. The van der Waals surface area contributed by atoms with Crippen LogP contribution in [0.5, 0.6) is 0 Å². The highest BCUT2D eigenvalue weighted by molar-refractivity contribution is 5.95. The Morgan fingerprint density at radius 3 is 2.95 bits per heavy atom. The molecular weight excluding hydrogens is 242 g/mol. The molecule has 19 heavy (non-hydrogen) atoms. The smallest absolute Gasteiger partial charge is 0.254 e. The minimum Gasteiger partial charge on any atom is -0.351 e. The summed E-state index contributed by atoms with van der Waals surface area (Å²) in [5.74, 6) is 0.557. The molecule has 2 heterocycles. The summed E-state index contributed by atoms with van der Waals surface area (Å²) in [5, 5.41) is 7.00. The third-order valence-electron chi connectivity index (χ3n) is 2.74. The van der Waals surface area contributed by atoms with Crippen molar-refractivity contribution < 1.29 is 4.79 Å². The van der Waals surface area contributed by atoms with Crippen LogP contribution in [0.25, 0.3) is 5.82 Å². The van der Waals surface area contributed by atoms with Crippen molar-refractivity contribution in [3.8, 4) is 5.82 Å². The van der Waals surface area contributed by atoms with E-state index in [0.717, 1.165) is 5.69 Å². The Balaban J connectivity index is 2.33. The average molecular weight is 259 g/mol. The van der Waals surface area contributed by atoms with E-state index in [-0.39, 0.29) is 5.91 Å². The lowest BCUT2D eigenvalue weighted by atomic mass is 10.2. The normalized spacial score (nSPS) is 10.4. The lowest BCUT2D eigenvalue weighted by molar-refractivity contribution is 0.0954. The summed E-state index contributed by atoms with van der Waals surface area (Å²) < 4.78 is 1.69. The minimum atomic E-state index is -0.149. The molecule has 3 N–H and O–H groups in total. The molecule has 0 radical (unpaired) electrons. The molecule has 6 nitrogen and oxygen atoms in total. The molecule has 0 aliphatic rings. The average Bonchev–Trinajstić information content (AvgIpc) is 2.89. The molecule has 6 heteroatoms. The first-order valence-corrected chi connectivity index (χ1v) is 6.24. The molecule has 0 atom stereocenters. The van der Waals surface area contributed by atoms with Crippen molar-refractivity contribution in [3.63, 3.8) is 0 Å². The molecule has 100 valence electrons. The Labute approximate surface area is 111 Å². The van der Waals surface area contributed by atoms with Gasteiger partial charge in [0, 0.05) is 19.3 Å². The van der Waals surface area contributed by atoms with Crippen molar-refractivity contribution >= 4 is 5.91 Å². The number of nitrogens with two attached hydrogens (primary N) is 1. The molecule has 0 saturated carbocycles. The van der Waals surface area contributed by atoms with E-state index in [0.29, 0.717) is 30.9 Å². The largest absolute Gasteiger partial charge is 0.351 e. The number of hydrogen-bond acceptors (Lipinski definition) is 4. The van der Waals surface area contributed by atoms with Crippen molar-refractivity contribution in [1.82, 2.24) is 20.1 Å². The van der Waals surface area contributed by atoms with Crippen LogP contribution in [0.15, 0.2) is 30.6 Å². The minimum absolute atomic E-state index is 0.149. The van der Waals surface area contributed by atoms with Crippen LogP contribution in [0, 0.1) is 0 Å². The maximum absolute atomic E-state index is 12.0. The topological polar surface area (TPSA) is 85.8 Å². The van der Waals surface area contributed by atoms with E-state index in [1.165, 1.54) is 0 Å². The molecule has 0 aromatic carbocycles. The highest BCUT2D eigenvalue weighted by Gasteiger charge is 2.16. The quantitative estimate of drug-likeness (QED) is 0.819. The van der Waals surface area contributed by atoms with Crippen LogP contribution < -0.4 is 11.1 Å². The summed E-state index contributed by atoms with van der Waals surface area (Å²) in [7, 11) is 0. The fraction of sp³-hybridized carbons (Fsp3) is 0.308. The highest BCUT2D eigenvalue weighted by Crippen LogP contribution is 2.13.